The average Bonchev–Trinajstić information content (AvgIpc) is 3.44. The lowest BCUT2D eigenvalue weighted by atomic mass is 10.2. The Bertz CT molecular complexity index is 1210. The van der Waals surface area contributed by atoms with Crippen LogP contribution in [0.4, 0.5) is 10.5 Å². The van der Waals surface area contributed by atoms with Gasteiger partial charge in [0.2, 0.25) is 5.91 Å². The fraction of sp³-hybridized carbons (Fsp3) is 0.261. The van der Waals surface area contributed by atoms with E-state index < -0.39 is 16.1 Å². The fourth-order valence-corrected chi connectivity index (χ4v) is 6.63. The molecular formula is C23H19I2N3O6S. The van der Waals surface area contributed by atoms with Gasteiger partial charge in [0.15, 0.2) is 0 Å². The van der Waals surface area contributed by atoms with E-state index in [0.29, 0.717) is 18.8 Å². The van der Waals surface area contributed by atoms with Gasteiger partial charge in [0.1, 0.15) is 18.9 Å². The first kappa shape index (κ1) is 25.9. The minimum atomic E-state index is -0.462. The molecule has 0 aromatic heterocycles. The smallest absolute Gasteiger partial charge is 0.294 e. The lowest BCUT2D eigenvalue weighted by molar-refractivity contribution is -0.384. The Morgan fingerprint density at radius 1 is 1.11 bits per heavy atom. The van der Waals surface area contributed by atoms with Gasteiger partial charge in [-0.15, -0.1) is 0 Å². The standard InChI is InChI=1S/C23H19I2N3O6S/c24-17-9-15(10-18(25)21(17)34-13-14-3-5-16(6-4-14)28(32)33)11-19-22(30)27(23(31)35-19)12-20(29)26-7-1-2-8-26/h3-6,9-11H,1-2,7-8,12-13H2/b19-11+. The summed E-state index contributed by atoms with van der Waals surface area (Å²) in [5, 5.41) is 10.4. The molecule has 35 heavy (non-hydrogen) atoms. The molecule has 2 aromatic rings. The van der Waals surface area contributed by atoms with Crippen molar-refractivity contribution in [2.45, 2.75) is 19.4 Å². The van der Waals surface area contributed by atoms with Crippen molar-refractivity contribution in [2.24, 2.45) is 0 Å². The number of imide groups is 1. The number of non-ortho nitro benzene ring substituents is 1. The highest BCUT2D eigenvalue weighted by Gasteiger charge is 2.37. The third-order valence-electron chi connectivity index (χ3n) is 5.47. The van der Waals surface area contributed by atoms with E-state index in [9.17, 15) is 24.5 Å². The topological polar surface area (TPSA) is 110 Å². The maximum absolute atomic E-state index is 12.8. The SMILES string of the molecule is O=C(CN1C(=O)S/C(=C/c2cc(I)c(OCc3ccc([N+](=O)[O-])cc3)c(I)c2)C1=O)N1CCCC1. The second kappa shape index (κ2) is 11.2. The van der Waals surface area contributed by atoms with Crippen molar-refractivity contribution in [3.8, 4) is 5.75 Å². The molecule has 4 rings (SSSR count). The number of nitro benzene ring substituents is 1. The summed E-state index contributed by atoms with van der Waals surface area (Å²) in [5.74, 6) is -0.00764. The highest BCUT2D eigenvalue weighted by atomic mass is 127. The molecule has 2 aliphatic heterocycles. The number of carbonyl (C=O) groups is 3. The van der Waals surface area contributed by atoms with Crippen LogP contribution in [0.1, 0.15) is 24.0 Å². The summed E-state index contributed by atoms with van der Waals surface area (Å²) in [5.41, 5.74) is 1.55. The molecule has 0 N–H and O–H groups in total. The van der Waals surface area contributed by atoms with Gasteiger partial charge in [-0.1, -0.05) is 0 Å². The van der Waals surface area contributed by atoms with Gasteiger partial charge in [-0.25, -0.2) is 0 Å². The molecule has 9 nitrogen and oxygen atoms in total. The number of rotatable bonds is 7. The monoisotopic (exact) mass is 719 g/mol. The van der Waals surface area contributed by atoms with Gasteiger partial charge >= 0.3 is 0 Å². The predicted octanol–water partition coefficient (Wildman–Crippen LogP) is 5.04. The Morgan fingerprint density at radius 3 is 2.34 bits per heavy atom. The first-order chi connectivity index (χ1) is 16.7. The third-order valence-corrected chi connectivity index (χ3v) is 7.98. The van der Waals surface area contributed by atoms with Crippen LogP contribution >= 0.6 is 56.9 Å². The number of halogens is 2. The lowest BCUT2D eigenvalue weighted by Gasteiger charge is -2.18. The van der Waals surface area contributed by atoms with Crippen LogP contribution in [-0.4, -0.2) is 51.4 Å². The maximum Gasteiger partial charge on any atom is 0.294 e. The molecule has 0 bridgehead atoms. The van der Waals surface area contributed by atoms with Crippen LogP contribution in [0.25, 0.3) is 6.08 Å². The molecule has 0 spiro atoms. The van der Waals surface area contributed by atoms with E-state index in [0.717, 1.165) is 47.8 Å². The van der Waals surface area contributed by atoms with Crippen LogP contribution in [0.3, 0.4) is 0 Å². The van der Waals surface area contributed by atoms with Gasteiger partial charge in [-0.05, 0) is 111 Å². The summed E-state index contributed by atoms with van der Waals surface area (Å²) in [7, 11) is 0. The second-order valence-electron chi connectivity index (χ2n) is 7.88. The number of carbonyl (C=O) groups excluding carboxylic acids is 3. The molecule has 182 valence electrons. The molecule has 0 aliphatic carbocycles. The van der Waals surface area contributed by atoms with Gasteiger partial charge in [-0.3, -0.25) is 29.4 Å². The summed E-state index contributed by atoms with van der Waals surface area (Å²) in [6.07, 6.45) is 3.53. The molecule has 12 heteroatoms. The van der Waals surface area contributed by atoms with E-state index in [1.807, 2.05) is 12.1 Å². The average molecular weight is 719 g/mol. The maximum atomic E-state index is 12.8. The number of ether oxygens (including phenoxy) is 1. The highest BCUT2D eigenvalue weighted by molar-refractivity contribution is 14.1. The molecule has 3 amide bonds. The zero-order valence-electron chi connectivity index (χ0n) is 18.2. The van der Waals surface area contributed by atoms with Gasteiger partial charge in [-0.2, -0.15) is 0 Å². The van der Waals surface area contributed by atoms with Crippen LogP contribution in [0.5, 0.6) is 5.75 Å². The van der Waals surface area contributed by atoms with Gasteiger partial charge in [0, 0.05) is 25.2 Å². The van der Waals surface area contributed by atoms with Crippen molar-refractivity contribution in [3.05, 3.63) is 69.7 Å². The highest BCUT2D eigenvalue weighted by Crippen LogP contribution is 2.35. The number of benzene rings is 2. The third kappa shape index (κ3) is 6.14. The predicted molar refractivity (Wildman–Crippen MR) is 148 cm³/mol. The molecule has 0 saturated carbocycles. The van der Waals surface area contributed by atoms with Crippen LogP contribution in [-0.2, 0) is 16.2 Å². The Labute approximate surface area is 232 Å². The van der Waals surface area contributed by atoms with Crippen molar-refractivity contribution >= 4 is 85.8 Å². The van der Waals surface area contributed by atoms with Crippen molar-refractivity contribution < 1.29 is 24.0 Å². The first-order valence-corrected chi connectivity index (χ1v) is 13.6. The second-order valence-corrected chi connectivity index (χ2v) is 11.2. The molecule has 0 atom stereocenters. The Hall–Kier alpha value is -2.20. The Kier molecular flexibility index (Phi) is 8.31. The number of nitrogens with zero attached hydrogens (tertiary/aromatic N) is 3. The van der Waals surface area contributed by atoms with Crippen LogP contribution in [0, 0.1) is 17.3 Å². The summed E-state index contributed by atoms with van der Waals surface area (Å²) < 4.78 is 7.57. The largest absolute Gasteiger partial charge is 0.487 e. The minimum Gasteiger partial charge on any atom is -0.487 e. The minimum absolute atomic E-state index is 0.0205. The van der Waals surface area contributed by atoms with E-state index in [1.54, 1.807) is 23.1 Å². The Morgan fingerprint density at radius 2 is 1.74 bits per heavy atom. The number of likely N-dealkylation sites (tertiary alicyclic amines) is 1. The fourth-order valence-electron chi connectivity index (χ4n) is 3.66. The Balaban J connectivity index is 1.44. The number of nitro groups is 1. The number of amides is 3. The van der Waals surface area contributed by atoms with E-state index in [4.69, 9.17) is 4.74 Å². The van der Waals surface area contributed by atoms with Crippen molar-refractivity contribution in [2.75, 3.05) is 19.6 Å². The summed E-state index contributed by atoms with van der Waals surface area (Å²) in [6.45, 7) is 1.35. The number of hydrogen-bond acceptors (Lipinski definition) is 7. The zero-order chi connectivity index (χ0) is 25.1. The summed E-state index contributed by atoms with van der Waals surface area (Å²) >= 11 is 5.11. The number of thioether (sulfide) groups is 1. The molecular weight excluding hydrogens is 700 g/mol. The van der Waals surface area contributed by atoms with Gasteiger partial charge in [0.05, 0.1) is 17.0 Å². The van der Waals surface area contributed by atoms with Crippen molar-refractivity contribution in [1.29, 1.82) is 0 Å². The summed E-state index contributed by atoms with van der Waals surface area (Å²) in [4.78, 5) is 50.9. The van der Waals surface area contributed by atoms with Crippen molar-refractivity contribution in [3.63, 3.8) is 0 Å². The number of hydrogen-bond donors (Lipinski definition) is 0. The van der Waals surface area contributed by atoms with Crippen molar-refractivity contribution in [1.82, 2.24) is 9.80 Å². The molecule has 0 radical (unpaired) electrons. The molecule has 2 aromatic carbocycles. The van der Waals surface area contributed by atoms with Crippen LogP contribution < -0.4 is 4.74 Å². The zero-order valence-corrected chi connectivity index (χ0v) is 23.4. The van der Waals surface area contributed by atoms with Crippen LogP contribution in [0.2, 0.25) is 0 Å². The van der Waals surface area contributed by atoms with E-state index >= 15 is 0 Å². The molecule has 2 fully saturated rings. The quantitative estimate of drug-likeness (QED) is 0.171. The molecule has 2 saturated heterocycles. The van der Waals surface area contributed by atoms with E-state index in [2.05, 4.69) is 45.2 Å². The van der Waals surface area contributed by atoms with Gasteiger partial charge in [0.25, 0.3) is 16.8 Å². The van der Waals surface area contributed by atoms with Crippen LogP contribution in [0.15, 0.2) is 41.3 Å². The van der Waals surface area contributed by atoms with Gasteiger partial charge < -0.3 is 9.64 Å². The summed E-state index contributed by atoms with van der Waals surface area (Å²) in [6, 6.07) is 9.86. The first-order valence-electron chi connectivity index (χ1n) is 10.6. The van der Waals surface area contributed by atoms with E-state index in [1.165, 1.54) is 12.1 Å². The lowest BCUT2D eigenvalue weighted by Crippen LogP contribution is -2.40. The van der Waals surface area contributed by atoms with E-state index in [-0.39, 0.29) is 29.7 Å². The molecule has 2 aliphatic rings. The molecule has 2 heterocycles. The normalized spacial score (nSPS) is 16.9. The molecule has 0 unspecified atom stereocenters.